The van der Waals surface area contributed by atoms with Gasteiger partial charge in [-0.2, -0.15) is 0 Å². The quantitative estimate of drug-likeness (QED) is 0.852. The second kappa shape index (κ2) is 6.97. The van der Waals surface area contributed by atoms with Crippen molar-refractivity contribution < 1.29 is 4.79 Å². The maximum absolute atomic E-state index is 12.0. The van der Waals surface area contributed by atoms with E-state index in [0.717, 1.165) is 22.9 Å². The lowest BCUT2D eigenvalue weighted by atomic mass is 10.0. The molecule has 22 heavy (non-hydrogen) atoms. The van der Waals surface area contributed by atoms with Crippen LogP contribution < -0.4 is 10.6 Å². The molecule has 2 aromatic rings. The van der Waals surface area contributed by atoms with E-state index in [2.05, 4.69) is 50.8 Å². The van der Waals surface area contributed by atoms with Crippen molar-refractivity contribution in [1.82, 2.24) is 10.6 Å². The number of rotatable bonds is 4. The predicted octanol–water partition coefficient (Wildman–Crippen LogP) is 3.98. The number of hydrogen-bond donors (Lipinski definition) is 2. The molecule has 0 aromatic heterocycles. The van der Waals surface area contributed by atoms with Crippen LogP contribution in [0.5, 0.6) is 0 Å². The molecule has 0 aliphatic heterocycles. The molecule has 3 nitrogen and oxygen atoms in total. The largest absolute Gasteiger partial charge is 0.338 e. The summed E-state index contributed by atoms with van der Waals surface area (Å²) in [5.41, 5.74) is 3.88. The van der Waals surface area contributed by atoms with Crippen LogP contribution in [0.2, 0.25) is 0 Å². The molecule has 0 bridgehead atoms. The second-order valence-electron chi connectivity index (χ2n) is 5.59. The van der Waals surface area contributed by atoms with E-state index in [1.54, 1.807) is 0 Å². The normalized spacial score (nSPS) is 16.1. The Morgan fingerprint density at radius 1 is 1.09 bits per heavy atom. The van der Waals surface area contributed by atoms with Crippen molar-refractivity contribution in [2.75, 3.05) is 6.54 Å². The number of carbonyl (C=O) groups excluding carboxylic acids is 1. The van der Waals surface area contributed by atoms with Gasteiger partial charge in [-0.1, -0.05) is 58.4 Å². The van der Waals surface area contributed by atoms with Crippen molar-refractivity contribution in [3.8, 4) is 0 Å². The lowest BCUT2D eigenvalue weighted by molar-refractivity contribution is 0.239. The highest BCUT2D eigenvalue weighted by molar-refractivity contribution is 9.10. The number of fused-ring (bicyclic) bond motifs is 1. The molecule has 3 rings (SSSR count). The first-order valence-corrected chi connectivity index (χ1v) is 8.36. The van der Waals surface area contributed by atoms with Gasteiger partial charge in [0.05, 0.1) is 0 Å². The van der Waals surface area contributed by atoms with Crippen LogP contribution in [0.25, 0.3) is 0 Å². The fraction of sp³-hybridized carbons (Fsp3) is 0.278. The van der Waals surface area contributed by atoms with E-state index in [-0.39, 0.29) is 6.03 Å². The van der Waals surface area contributed by atoms with Gasteiger partial charge in [0.25, 0.3) is 0 Å². The minimum absolute atomic E-state index is 0.111. The molecule has 0 spiro atoms. The Kier molecular flexibility index (Phi) is 4.78. The highest BCUT2D eigenvalue weighted by atomic mass is 79.9. The van der Waals surface area contributed by atoms with Crippen molar-refractivity contribution in [3.63, 3.8) is 0 Å². The van der Waals surface area contributed by atoms with Crippen LogP contribution in [0.1, 0.15) is 29.0 Å². The first-order chi connectivity index (χ1) is 10.7. The number of urea groups is 1. The van der Waals surface area contributed by atoms with Crippen LogP contribution in [0, 0.1) is 0 Å². The van der Waals surface area contributed by atoms with Crippen LogP contribution in [-0.2, 0) is 13.0 Å². The summed E-state index contributed by atoms with van der Waals surface area (Å²) in [5.74, 6) is 0.436. The van der Waals surface area contributed by atoms with Crippen LogP contribution in [0.3, 0.4) is 0 Å². The third-order valence-corrected chi connectivity index (χ3v) is 4.94. The number of aryl methyl sites for hydroxylation is 1. The van der Waals surface area contributed by atoms with E-state index >= 15 is 0 Å². The van der Waals surface area contributed by atoms with E-state index in [4.69, 9.17) is 0 Å². The van der Waals surface area contributed by atoms with Gasteiger partial charge < -0.3 is 10.6 Å². The molecule has 0 heterocycles. The highest BCUT2D eigenvalue weighted by Crippen LogP contribution is 2.32. The Bertz CT molecular complexity index is 672. The van der Waals surface area contributed by atoms with Crippen molar-refractivity contribution in [2.45, 2.75) is 25.3 Å². The van der Waals surface area contributed by atoms with E-state index in [1.807, 2.05) is 24.3 Å². The van der Waals surface area contributed by atoms with Crippen molar-refractivity contribution in [1.29, 1.82) is 0 Å². The van der Waals surface area contributed by atoms with Crippen LogP contribution in [-0.4, -0.2) is 12.6 Å². The van der Waals surface area contributed by atoms with Gasteiger partial charge in [0.1, 0.15) is 0 Å². The number of halogens is 1. The van der Waals surface area contributed by atoms with Gasteiger partial charge >= 0.3 is 6.03 Å². The fourth-order valence-corrected chi connectivity index (χ4v) is 3.38. The second-order valence-corrected chi connectivity index (χ2v) is 6.44. The Hall–Kier alpha value is -1.81. The minimum Gasteiger partial charge on any atom is -0.338 e. The fourth-order valence-electron chi connectivity index (χ4n) is 2.95. The van der Waals surface area contributed by atoms with Gasteiger partial charge in [-0.25, -0.2) is 4.79 Å². The third kappa shape index (κ3) is 3.50. The van der Waals surface area contributed by atoms with Gasteiger partial charge in [-0.05, 0) is 35.6 Å². The van der Waals surface area contributed by atoms with Gasteiger partial charge in [-0.3, -0.25) is 0 Å². The zero-order chi connectivity index (χ0) is 15.4. The smallest absolute Gasteiger partial charge is 0.315 e. The Balaban J connectivity index is 1.48. The van der Waals surface area contributed by atoms with E-state index in [0.29, 0.717) is 19.0 Å². The van der Waals surface area contributed by atoms with Crippen LogP contribution in [0.15, 0.2) is 53.0 Å². The topological polar surface area (TPSA) is 41.1 Å². The van der Waals surface area contributed by atoms with E-state index in [9.17, 15) is 4.79 Å². The molecule has 1 aliphatic carbocycles. The maximum Gasteiger partial charge on any atom is 0.315 e. The van der Waals surface area contributed by atoms with E-state index < -0.39 is 0 Å². The average molecular weight is 359 g/mol. The molecule has 4 heteroatoms. The van der Waals surface area contributed by atoms with Crippen molar-refractivity contribution in [3.05, 3.63) is 69.7 Å². The van der Waals surface area contributed by atoms with Crippen LogP contribution in [0.4, 0.5) is 4.79 Å². The Labute approximate surface area is 139 Å². The molecule has 2 N–H and O–H groups in total. The lowest BCUT2D eigenvalue weighted by Crippen LogP contribution is -2.37. The summed E-state index contributed by atoms with van der Waals surface area (Å²) >= 11 is 3.49. The molecule has 114 valence electrons. The summed E-state index contributed by atoms with van der Waals surface area (Å²) in [5, 5.41) is 5.90. The zero-order valence-electron chi connectivity index (χ0n) is 12.3. The number of amides is 2. The summed E-state index contributed by atoms with van der Waals surface area (Å²) in [6, 6.07) is 16.3. The number of nitrogens with one attached hydrogen (secondary N) is 2. The Morgan fingerprint density at radius 3 is 2.73 bits per heavy atom. The number of hydrogen-bond acceptors (Lipinski definition) is 1. The highest BCUT2D eigenvalue weighted by Gasteiger charge is 2.22. The Morgan fingerprint density at radius 2 is 1.86 bits per heavy atom. The first-order valence-electron chi connectivity index (χ1n) is 7.57. The van der Waals surface area contributed by atoms with Crippen LogP contribution >= 0.6 is 15.9 Å². The lowest BCUT2D eigenvalue weighted by Gasteiger charge is -2.14. The van der Waals surface area contributed by atoms with Gasteiger partial charge in [-0.15, -0.1) is 0 Å². The van der Waals surface area contributed by atoms with Gasteiger partial charge in [0, 0.05) is 23.5 Å². The summed E-state index contributed by atoms with van der Waals surface area (Å²) in [7, 11) is 0. The maximum atomic E-state index is 12.0. The summed E-state index contributed by atoms with van der Waals surface area (Å²) < 4.78 is 1.01. The minimum atomic E-state index is -0.111. The van der Waals surface area contributed by atoms with Gasteiger partial charge in [0.15, 0.2) is 0 Å². The molecule has 0 radical (unpaired) electrons. The molecule has 1 unspecified atom stereocenters. The first kappa shape index (κ1) is 15.1. The molecule has 1 atom stereocenters. The molecule has 0 fully saturated rings. The summed E-state index contributed by atoms with van der Waals surface area (Å²) in [6.45, 7) is 1.22. The number of benzene rings is 2. The molecule has 2 amide bonds. The molecular formula is C18H19BrN2O. The third-order valence-electron chi connectivity index (χ3n) is 4.16. The standard InChI is InChI=1S/C18H19BrN2O/c19-17-8-4-2-6-15(17)12-21-18(22)20-11-14-10-9-13-5-1-3-7-16(13)14/h1-8,14H,9-12H2,(H2,20,21,22). The average Bonchev–Trinajstić information content (AvgIpc) is 2.95. The van der Waals surface area contributed by atoms with Crippen molar-refractivity contribution >= 4 is 22.0 Å². The predicted molar refractivity (Wildman–Crippen MR) is 91.9 cm³/mol. The molecule has 1 aliphatic rings. The zero-order valence-corrected chi connectivity index (χ0v) is 13.9. The van der Waals surface area contributed by atoms with Crippen molar-refractivity contribution in [2.24, 2.45) is 0 Å². The molecule has 0 saturated heterocycles. The molecule has 2 aromatic carbocycles. The SMILES string of the molecule is O=C(NCc1ccccc1Br)NCC1CCc2ccccc21. The monoisotopic (exact) mass is 358 g/mol. The molecule has 0 saturated carbocycles. The summed E-state index contributed by atoms with van der Waals surface area (Å²) in [4.78, 5) is 12.0. The summed E-state index contributed by atoms with van der Waals surface area (Å²) in [6.07, 6.45) is 2.23. The van der Waals surface area contributed by atoms with Gasteiger partial charge in [0.2, 0.25) is 0 Å². The number of carbonyl (C=O) groups is 1. The molecular weight excluding hydrogens is 340 g/mol. The van der Waals surface area contributed by atoms with E-state index in [1.165, 1.54) is 11.1 Å².